The molecule has 0 fully saturated rings. The number of nitrogens with one attached hydrogen (secondary N) is 1. The van der Waals surface area contributed by atoms with E-state index in [4.69, 9.17) is 16.3 Å². The molecular weight excluding hydrogens is 246 g/mol. The van der Waals surface area contributed by atoms with E-state index in [2.05, 4.69) is 10.3 Å². The van der Waals surface area contributed by atoms with Crippen LogP contribution >= 0.6 is 11.6 Å². The molecule has 1 aromatic rings. The number of pyridine rings is 1. The Morgan fingerprint density at radius 2 is 2.29 bits per heavy atom. The zero-order valence-corrected chi connectivity index (χ0v) is 10.2. The van der Waals surface area contributed by atoms with Crippen LogP contribution in [0, 0.1) is 10.1 Å². The first-order valence-corrected chi connectivity index (χ1v) is 5.56. The van der Waals surface area contributed by atoms with E-state index >= 15 is 0 Å². The number of hydrogen-bond donors (Lipinski definition) is 1. The second-order valence-electron chi connectivity index (χ2n) is 3.39. The van der Waals surface area contributed by atoms with Gasteiger partial charge in [-0.15, -0.1) is 0 Å². The maximum absolute atomic E-state index is 10.7. The molecule has 0 saturated carbocycles. The Kier molecular flexibility index (Phi) is 5.65. The van der Waals surface area contributed by atoms with Crippen molar-refractivity contribution in [2.75, 3.05) is 25.6 Å². The summed E-state index contributed by atoms with van der Waals surface area (Å²) < 4.78 is 4.90. The molecule has 7 heteroatoms. The summed E-state index contributed by atoms with van der Waals surface area (Å²) in [6.45, 7) is 1.27. The van der Waals surface area contributed by atoms with Crippen molar-refractivity contribution < 1.29 is 9.66 Å². The second kappa shape index (κ2) is 7.03. The van der Waals surface area contributed by atoms with Crippen LogP contribution in [0.4, 0.5) is 11.5 Å². The molecule has 0 atom stereocenters. The van der Waals surface area contributed by atoms with Crippen molar-refractivity contribution in [1.29, 1.82) is 0 Å². The van der Waals surface area contributed by atoms with Gasteiger partial charge in [-0.25, -0.2) is 4.98 Å². The van der Waals surface area contributed by atoms with Gasteiger partial charge in [-0.2, -0.15) is 0 Å². The van der Waals surface area contributed by atoms with Crippen molar-refractivity contribution in [3.05, 3.63) is 27.4 Å². The van der Waals surface area contributed by atoms with Gasteiger partial charge >= 0.3 is 5.69 Å². The molecule has 6 nitrogen and oxygen atoms in total. The second-order valence-corrected chi connectivity index (χ2v) is 3.77. The zero-order chi connectivity index (χ0) is 12.7. The smallest absolute Gasteiger partial charge is 0.311 e. The number of halogens is 1. The van der Waals surface area contributed by atoms with Crippen LogP contribution in [0.1, 0.15) is 12.8 Å². The van der Waals surface area contributed by atoms with Crippen LogP contribution in [0.3, 0.4) is 0 Å². The molecule has 0 aliphatic heterocycles. The van der Waals surface area contributed by atoms with Gasteiger partial charge in [0.1, 0.15) is 5.15 Å². The van der Waals surface area contributed by atoms with Gasteiger partial charge in [-0.1, -0.05) is 11.6 Å². The molecule has 0 amide bonds. The number of ether oxygens (including phenoxy) is 1. The largest absolute Gasteiger partial charge is 0.385 e. The number of rotatable bonds is 7. The molecule has 0 bridgehead atoms. The Bertz CT molecular complexity index is 387. The van der Waals surface area contributed by atoms with E-state index in [1.165, 1.54) is 12.1 Å². The number of nitrogens with zero attached hydrogens (tertiary/aromatic N) is 2. The Morgan fingerprint density at radius 1 is 1.53 bits per heavy atom. The van der Waals surface area contributed by atoms with Crippen LogP contribution in [-0.2, 0) is 4.74 Å². The molecular formula is C10H14ClN3O3. The molecule has 1 N–H and O–H groups in total. The predicted octanol–water partition coefficient (Wildman–Crippen LogP) is 2.48. The van der Waals surface area contributed by atoms with Crippen molar-refractivity contribution in [3.63, 3.8) is 0 Å². The van der Waals surface area contributed by atoms with Gasteiger partial charge in [0, 0.05) is 26.3 Å². The zero-order valence-electron chi connectivity index (χ0n) is 9.48. The Hall–Kier alpha value is -1.40. The van der Waals surface area contributed by atoms with Crippen LogP contribution in [0.2, 0.25) is 5.15 Å². The molecule has 0 spiro atoms. The van der Waals surface area contributed by atoms with Crippen LogP contribution < -0.4 is 5.32 Å². The normalized spacial score (nSPS) is 10.2. The molecule has 1 aromatic heterocycles. The van der Waals surface area contributed by atoms with Crippen LogP contribution in [0.5, 0.6) is 0 Å². The minimum atomic E-state index is -0.485. The Balaban J connectivity index is 2.56. The van der Waals surface area contributed by atoms with Crippen LogP contribution in [0.15, 0.2) is 12.1 Å². The standard InChI is InChI=1S/C10H14ClN3O3/c1-17-7-3-2-6-12-10-8(14(15)16)4-5-9(11)13-10/h4-5H,2-3,6-7H2,1H3,(H,12,13). The third-order valence-corrected chi connectivity index (χ3v) is 2.31. The van der Waals surface area contributed by atoms with Gasteiger partial charge in [0.05, 0.1) is 4.92 Å². The quantitative estimate of drug-likeness (QED) is 0.352. The lowest BCUT2D eigenvalue weighted by atomic mass is 10.3. The first-order valence-electron chi connectivity index (χ1n) is 5.19. The van der Waals surface area contributed by atoms with E-state index in [0.717, 1.165) is 12.8 Å². The Morgan fingerprint density at radius 3 is 2.94 bits per heavy atom. The molecule has 17 heavy (non-hydrogen) atoms. The molecule has 1 heterocycles. The lowest BCUT2D eigenvalue weighted by Crippen LogP contribution is -2.07. The molecule has 94 valence electrons. The number of hydrogen-bond acceptors (Lipinski definition) is 5. The monoisotopic (exact) mass is 259 g/mol. The fourth-order valence-electron chi connectivity index (χ4n) is 1.28. The number of unbranched alkanes of at least 4 members (excludes halogenated alkanes) is 1. The lowest BCUT2D eigenvalue weighted by Gasteiger charge is -2.06. The molecule has 0 saturated heterocycles. The van der Waals surface area contributed by atoms with Gasteiger partial charge in [-0.05, 0) is 18.9 Å². The number of aromatic nitrogens is 1. The van der Waals surface area contributed by atoms with E-state index in [0.29, 0.717) is 13.2 Å². The third-order valence-electron chi connectivity index (χ3n) is 2.10. The van der Waals surface area contributed by atoms with Crippen molar-refractivity contribution in [3.8, 4) is 0 Å². The van der Waals surface area contributed by atoms with Crippen molar-refractivity contribution in [2.45, 2.75) is 12.8 Å². The fourth-order valence-corrected chi connectivity index (χ4v) is 1.43. The molecule has 0 aromatic carbocycles. The van der Waals surface area contributed by atoms with E-state index in [9.17, 15) is 10.1 Å². The SMILES string of the molecule is COCCCCNc1nc(Cl)ccc1[N+](=O)[O-]. The van der Waals surface area contributed by atoms with E-state index in [1.54, 1.807) is 7.11 Å². The summed E-state index contributed by atoms with van der Waals surface area (Å²) >= 11 is 5.69. The van der Waals surface area contributed by atoms with E-state index in [-0.39, 0.29) is 16.7 Å². The van der Waals surface area contributed by atoms with Gasteiger partial charge in [0.25, 0.3) is 0 Å². The first kappa shape index (κ1) is 13.7. The highest BCUT2D eigenvalue weighted by molar-refractivity contribution is 6.29. The Labute approximate surface area is 104 Å². The summed E-state index contributed by atoms with van der Waals surface area (Å²) in [4.78, 5) is 14.1. The molecule has 0 aliphatic carbocycles. The number of anilines is 1. The van der Waals surface area contributed by atoms with E-state index < -0.39 is 4.92 Å². The highest BCUT2D eigenvalue weighted by Gasteiger charge is 2.14. The average molecular weight is 260 g/mol. The van der Waals surface area contributed by atoms with Gasteiger partial charge in [0.15, 0.2) is 0 Å². The molecule has 0 radical (unpaired) electrons. The number of methoxy groups -OCH3 is 1. The minimum Gasteiger partial charge on any atom is -0.385 e. The maximum Gasteiger partial charge on any atom is 0.311 e. The minimum absolute atomic E-state index is 0.0684. The summed E-state index contributed by atoms with van der Waals surface area (Å²) in [5.41, 5.74) is -0.0684. The average Bonchev–Trinajstić information content (AvgIpc) is 2.28. The highest BCUT2D eigenvalue weighted by atomic mass is 35.5. The highest BCUT2D eigenvalue weighted by Crippen LogP contribution is 2.23. The summed E-state index contributed by atoms with van der Waals surface area (Å²) in [7, 11) is 1.64. The summed E-state index contributed by atoms with van der Waals surface area (Å²) in [6, 6.07) is 2.74. The molecule has 0 aliphatic rings. The van der Waals surface area contributed by atoms with Crippen molar-refractivity contribution >= 4 is 23.1 Å². The first-order chi connectivity index (χ1) is 8.15. The van der Waals surface area contributed by atoms with Gasteiger partial charge in [-0.3, -0.25) is 10.1 Å². The summed E-state index contributed by atoms with van der Waals surface area (Å²) in [5, 5.41) is 13.9. The van der Waals surface area contributed by atoms with Crippen molar-refractivity contribution in [1.82, 2.24) is 4.98 Å². The van der Waals surface area contributed by atoms with Gasteiger partial charge in [0.2, 0.25) is 5.82 Å². The van der Waals surface area contributed by atoms with E-state index in [1.807, 2.05) is 0 Å². The summed E-state index contributed by atoms with van der Waals surface area (Å²) in [5.74, 6) is 0.208. The predicted molar refractivity (Wildman–Crippen MR) is 65.5 cm³/mol. The molecule has 0 unspecified atom stereocenters. The fraction of sp³-hybridized carbons (Fsp3) is 0.500. The summed E-state index contributed by atoms with van der Waals surface area (Å²) in [6.07, 6.45) is 1.73. The van der Waals surface area contributed by atoms with Gasteiger partial charge < -0.3 is 10.1 Å². The van der Waals surface area contributed by atoms with Crippen molar-refractivity contribution in [2.24, 2.45) is 0 Å². The lowest BCUT2D eigenvalue weighted by molar-refractivity contribution is -0.384. The van der Waals surface area contributed by atoms with Crippen LogP contribution in [-0.4, -0.2) is 30.2 Å². The van der Waals surface area contributed by atoms with Crippen LogP contribution in [0.25, 0.3) is 0 Å². The maximum atomic E-state index is 10.7. The molecule has 1 rings (SSSR count). The third kappa shape index (κ3) is 4.54. The topological polar surface area (TPSA) is 77.3 Å². The number of nitro groups is 1.